The third-order valence-corrected chi connectivity index (χ3v) is 4.96. The van der Waals surface area contributed by atoms with Crippen molar-refractivity contribution >= 4 is 17.4 Å². The molecule has 0 saturated carbocycles. The molecular formula is C24H23F2N3O2. The number of anilines is 1. The molecule has 0 aliphatic heterocycles. The molecule has 0 aliphatic carbocycles. The molecule has 0 aliphatic rings. The summed E-state index contributed by atoms with van der Waals surface area (Å²) >= 11 is 0. The van der Waals surface area contributed by atoms with Crippen LogP contribution in [-0.4, -0.2) is 28.7 Å². The smallest absolute Gasteiger partial charge is 0.226 e. The Morgan fingerprint density at radius 2 is 1.77 bits per heavy atom. The van der Waals surface area contributed by atoms with E-state index in [1.165, 1.54) is 29.4 Å². The quantitative estimate of drug-likeness (QED) is 0.378. The van der Waals surface area contributed by atoms with Gasteiger partial charge in [-0.1, -0.05) is 19.1 Å². The van der Waals surface area contributed by atoms with Crippen molar-refractivity contribution in [2.24, 2.45) is 0 Å². The minimum atomic E-state index is -0.557. The van der Waals surface area contributed by atoms with E-state index in [1.807, 2.05) is 6.92 Å². The Hall–Kier alpha value is -3.48. The normalized spacial score (nSPS) is 10.7. The fourth-order valence-electron chi connectivity index (χ4n) is 3.14. The van der Waals surface area contributed by atoms with Crippen LogP contribution in [0.2, 0.25) is 0 Å². The predicted molar refractivity (Wildman–Crippen MR) is 115 cm³/mol. The summed E-state index contributed by atoms with van der Waals surface area (Å²) in [6.07, 6.45) is 4.62. The molecule has 1 amide bonds. The van der Waals surface area contributed by atoms with Gasteiger partial charge in [-0.15, -0.1) is 0 Å². The molecule has 2 aromatic heterocycles. The van der Waals surface area contributed by atoms with Crippen LogP contribution in [-0.2, 0) is 11.2 Å². The average molecular weight is 423 g/mol. The van der Waals surface area contributed by atoms with Crippen LogP contribution >= 0.6 is 0 Å². The first kappa shape index (κ1) is 22.2. The zero-order valence-corrected chi connectivity index (χ0v) is 17.4. The number of aromatic nitrogens is 2. The number of amides is 1. The standard InChI is InChI=1S/C24H23F2N3O2/c1-3-4-24(31)29(2)21-10-8-17(13-19(21)25)20-9-7-18(15-27-20)22(30)11-5-16-6-12-23(26)28-14-16/h6-10,12-15H,3-5,11H2,1-2H3. The molecule has 0 radical (unpaired) electrons. The minimum absolute atomic E-state index is 0.0963. The first-order valence-corrected chi connectivity index (χ1v) is 10.0. The molecular weight excluding hydrogens is 400 g/mol. The maximum Gasteiger partial charge on any atom is 0.226 e. The van der Waals surface area contributed by atoms with Crippen LogP contribution in [0.15, 0.2) is 54.9 Å². The van der Waals surface area contributed by atoms with E-state index in [4.69, 9.17) is 0 Å². The number of benzene rings is 1. The largest absolute Gasteiger partial charge is 0.313 e. The summed E-state index contributed by atoms with van der Waals surface area (Å²) in [5.74, 6) is -1.31. The van der Waals surface area contributed by atoms with Crippen molar-refractivity contribution in [3.05, 3.63) is 77.8 Å². The van der Waals surface area contributed by atoms with Gasteiger partial charge in [0.15, 0.2) is 5.78 Å². The van der Waals surface area contributed by atoms with Gasteiger partial charge in [-0.3, -0.25) is 14.6 Å². The fraction of sp³-hybridized carbons (Fsp3) is 0.250. The summed E-state index contributed by atoms with van der Waals surface area (Å²) in [5, 5.41) is 0. The molecule has 160 valence electrons. The number of hydrogen-bond acceptors (Lipinski definition) is 4. The van der Waals surface area contributed by atoms with Crippen molar-refractivity contribution < 1.29 is 18.4 Å². The van der Waals surface area contributed by atoms with E-state index in [0.29, 0.717) is 36.1 Å². The maximum atomic E-state index is 14.6. The highest BCUT2D eigenvalue weighted by Gasteiger charge is 2.15. The molecule has 2 heterocycles. The Kier molecular flexibility index (Phi) is 7.18. The van der Waals surface area contributed by atoms with Crippen molar-refractivity contribution in [3.63, 3.8) is 0 Å². The molecule has 0 unspecified atom stereocenters. The molecule has 0 bridgehead atoms. The second kappa shape index (κ2) is 10.0. The van der Waals surface area contributed by atoms with Crippen molar-refractivity contribution in [1.82, 2.24) is 9.97 Å². The van der Waals surface area contributed by atoms with Gasteiger partial charge in [0.05, 0.1) is 11.4 Å². The van der Waals surface area contributed by atoms with Crippen LogP contribution in [0.3, 0.4) is 0 Å². The van der Waals surface area contributed by atoms with E-state index in [1.54, 1.807) is 37.4 Å². The van der Waals surface area contributed by atoms with E-state index in [-0.39, 0.29) is 23.8 Å². The lowest BCUT2D eigenvalue weighted by Gasteiger charge is -2.18. The van der Waals surface area contributed by atoms with Crippen molar-refractivity contribution in [1.29, 1.82) is 0 Å². The summed E-state index contributed by atoms with van der Waals surface area (Å²) in [4.78, 5) is 33.6. The topological polar surface area (TPSA) is 63.2 Å². The van der Waals surface area contributed by atoms with E-state index < -0.39 is 11.8 Å². The van der Waals surface area contributed by atoms with Gasteiger partial charge >= 0.3 is 0 Å². The van der Waals surface area contributed by atoms with Gasteiger partial charge in [-0.2, -0.15) is 4.39 Å². The third kappa shape index (κ3) is 5.57. The van der Waals surface area contributed by atoms with E-state index in [2.05, 4.69) is 9.97 Å². The molecule has 1 aromatic carbocycles. The lowest BCUT2D eigenvalue weighted by molar-refractivity contribution is -0.118. The molecule has 0 fully saturated rings. The van der Waals surface area contributed by atoms with E-state index in [0.717, 1.165) is 5.56 Å². The Bertz CT molecular complexity index is 1070. The molecule has 7 heteroatoms. The summed E-state index contributed by atoms with van der Waals surface area (Å²) in [5.41, 5.74) is 2.50. The molecule has 3 rings (SSSR count). The van der Waals surface area contributed by atoms with Crippen LogP contribution in [0.4, 0.5) is 14.5 Å². The van der Waals surface area contributed by atoms with Crippen LogP contribution in [0.25, 0.3) is 11.3 Å². The van der Waals surface area contributed by atoms with Crippen LogP contribution in [0, 0.1) is 11.8 Å². The maximum absolute atomic E-state index is 14.6. The number of aryl methyl sites for hydroxylation is 1. The molecule has 0 atom stereocenters. The van der Waals surface area contributed by atoms with E-state index >= 15 is 0 Å². The number of ketones is 1. The van der Waals surface area contributed by atoms with Gasteiger partial charge in [-0.05, 0) is 48.7 Å². The van der Waals surface area contributed by atoms with Crippen LogP contribution in [0.5, 0.6) is 0 Å². The third-order valence-electron chi connectivity index (χ3n) is 4.96. The van der Waals surface area contributed by atoms with Gasteiger partial charge in [0.25, 0.3) is 0 Å². The number of Topliss-reactive ketones (excluding diaryl/α,β-unsaturated/α-hetero) is 1. The van der Waals surface area contributed by atoms with Crippen LogP contribution in [0.1, 0.15) is 42.1 Å². The van der Waals surface area contributed by atoms with Gasteiger partial charge < -0.3 is 4.90 Å². The van der Waals surface area contributed by atoms with E-state index in [9.17, 15) is 18.4 Å². The monoisotopic (exact) mass is 423 g/mol. The van der Waals surface area contributed by atoms with Crippen molar-refractivity contribution in [2.75, 3.05) is 11.9 Å². The number of rotatable bonds is 8. The summed E-state index contributed by atoms with van der Waals surface area (Å²) in [6.45, 7) is 1.89. The highest BCUT2D eigenvalue weighted by Crippen LogP contribution is 2.26. The molecule has 31 heavy (non-hydrogen) atoms. The first-order valence-electron chi connectivity index (χ1n) is 10.0. The lowest BCUT2D eigenvalue weighted by Crippen LogP contribution is -2.26. The number of halogens is 2. The number of hydrogen-bond donors (Lipinski definition) is 0. The Morgan fingerprint density at radius 1 is 0.968 bits per heavy atom. The molecule has 0 N–H and O–H groups in total. The molecule has 3 aromatic rings. The van der Waals surface area contributed by atoms with Gasteiger partial charge in [0.1, 0.15) is 5.82 Å². The number of carbonyl (C=O) groups excluding carboxylic acids is 2. The Morgan fingerprint density at radius 3 is 2.39 bits per heavy atom. The molecule has 0 saturated heterocycles. The number of pyridine rings is 2. The summed E-state index contributed by atoms with van der Waals surface area (Å²) in [6, 6.07) is 10.7. The Balaban J connectivity index is 1.67. The van der Waals surface area contributed by atoms with Gasteiger partial charge in [0.2, 0.25) is 11.9 Å². The van der Waals surface area contributed by atoms with Crippen molar-refractivity contribution in [2.45, 2.75) is 32.6 Å². The zero-order valence-electron chi connectivity index (χ0n) is 17.4. The number of carbonyl (C=O) groups is 2. The average Bonchev–Trinajstić information content (AvgIpc) is 2.78. The Labute approximate surface area is 179 Å². The highest BCUT2D eigenvalue weighted by molar-refractivity contribution is 5.96. The fourth-order valence-corrected chi connectivity index (χ4v) is 3.14. The first-order chi connectivity index (χ1) is 14.9. The SMILES string of the molecule is CCCC(=O)N(C)c1ccc(-c2ccc(C(=O)CCc3ccc(F)nc3)cn2)cc1F. The predicted octanol–water partition coefficient (Wildman–Crippen LogP) is 5.00. The highest BCUT2D eigenvalue weighted by atomic mass is 19.1. The van der Waals surface area contributed by atoms with Crippen molar-refractivity contribution in [3.8, 4) is 11.3 Å². The summed E-state index contributed by atoms with van der Waals surface area (Å²) in [7, 11) is 1.55. The zero-order chi connectivity index (χ0) is 22.4. The number of nitrogens with zero attached hydrogens (tertiary/aromatic N) is 3. The minimum Gasteiger partial charge on any atom is -0.313 e. The van der Waals surface area contributed by atoms with Gasteiger partial charge in [-0.25, -0.2) is 9.37 Å². The molecule has 5 nitrogen and oxygen atoms in total. The van der Waals surface area contributed by atoms with Gasteiger partial charge in [0, 0.05) is 43.4 Å². The van der Waals surface area contributed by atoms with Crippen LogP contribution < -0.4 is 4.90 Å². The summed E-state index contributed by atoms with van der Waals surface area (Å²) < 4.78 is 27.4. The second-order valence-corrected chi connectivity index (χ2v) is 7.21. The lowest BCUT2D eigenvalue weighted by atomic mass is 10.0. The second-order valence-electron chi connectivity index (χ2n) is 7.21. The molecule has 0 spiro atoms.